The molecule has 0 atom stereocenters. The van der Waals surface area contributed by atoms with Crippen LogP contribution in [0.1, 0.15) is 10.4 Å². The second kappa shape index (κ2) is 7.03. The van der Waals surface area contributed by atoms with Crippen LogP contribution in [0.15, 0.2) is 30.7 Å². The summed E-state index contributed by atoms with van der Waals surface area (Å²) in [4.78, 5) is 29.2. The van der Waals surface area contributed by atoms with Crippen molar-refractivity contribution in [2.45, 2.75) is 0 Å². The Hall–Kier alpha value is -2.71. The lowest BCUT2D eigenvalue weighted by Gasteiger charge is -2.32. The van der Waals surface area contributed by atoms with E-state index >= 15 is 0 Å². The van der Waals surface area contributed by atoms with Gasteiger partial charge in [0, 0.05) is 45.5 Å². The molecule has 1 amide bonds. The van der Waals surface area contributed by atoms with Gasteiger partial charge in [0.2, 0.25) is 0 Å². The predicted molar refractivity (Wildman–Crippen MR) is 107 cm³/mol. The van der Waals surface area contributed by atoms with E-state index in [0.29, 0.717) is 18.8 Å². The summed E-state index contributed by atoms with van der Waals surface area (Å²) >= 11 is 0. The molecule has 2 saturated heterocycles. The largest absolute Gasteiger partial charge is 0.378 e. The molecule has 2 aliphatic heterocycles. The number of pyridine rings is 1. The van der Waals surface area contributed by atoms with Gasteiger partial charge in [-0.15, -0.1) is 0 Å². The van der Waals surface area contributed by atoms with Gasteiger partial charge in [0.05, 0.1) is 29.7 Å². The number of carbonyl (C=O) groups excluding carboxylic acids is 1. The molecule has 0 radical (unpaired) electrons. The maximum absolute atomic E-state index is 13.6. The van der Waals surface area contributed by atoms with Crippen molar-refractivity contribution < 1.29 is 9.53 Å². The molecular formula is C20H24N6O2. The number of nitrogens with zero attached hydrogens (tertiary/aromatic N) is 6. The van der Waals surface area contributed by atoms with Gasteiger partial charge in [-0.05, 0) is 19.2 Å². The van der Waals surface area contributed by atoms with Gasteiger partial charge in [-0.1, -0.05) is 6.07 Å². The number of likely N-dealkylation sites (N-methyl/N-ethyl adjacent to an activating group) is 1. The first-order valence-electron chi connectivity index (χ1n) is 9.78. The van der Waals surface area contributed by atoms with Crippen molar-refractivity contribution >= 4 is 28.3 Å². The van der Waals surface area contributed by atoms with E-state index in [1.54, 1.807) is 6.33 Å². The first-order valence-corrected chi connectivity index (χ1v) is 9.78. The molecule has 0 aromatic carbocycles. The summed E-state index contributed by atoms with van der Waals surface area (Å²) in [6.45, 7) is 6.12. The SMILES string of the molecule is CN1CCN(C(=O)c2c3c(N4CCOCC4)ncnc3n3ccccc23)CC1. The van der Waals surface area contributed by atoms with Crippen LogP contribution in [0.4, 0.5) is 5.82 Å². The van der Waals surface area contributed by atoms with Crippen LogP contribution in [0.5, 0.6) is 0 Å². The molecule has 5 rings (SSSR count). The second-order valence-electron chi connectivity index (χ2n) is 7.42. The molecule has 0 unspecified atom stereocenters. The Bertz CT molecular complexity index is 1020. The van der Waals surface area contributed by atoms with E-state index in [2.05, 4.69) is 26.8 Å². The molecule has 0 N–H and O–H groups in total. The first kappa shape index (κ1) is 17.4. The van der Waals surface area contributed by atoms with Gasteiger partial charge < -0.3 is 23.8 Å². The Kier molecular flexibility index (Phi) is 4.37. The van der Waals surface area contributed by atoms with Gasteiger partial charge in [-0.25, -0.2) is 9.97 Å². The lowest BCUT2D eigenvalue weighted by molar-refractivity contribution is 0.0668. The summed E-state index contributed by atoms with van der Waals surface area (Å²) in [5, 5.41) is 0.847. The van der Waals surface area contributed by atoms with E-state index in [-0.39, 0.29) is 5.91 Å². The van der Waals surface area contributed by atoms with E-state index in [9.17, 15) is 4.79 Å². The zero-order valence-corrected chi connectivity index (χ0v) is 16.0. The monoisotopic (exact) mass is 380 g/mol. The molecule has 28 heavy (non-hydrogen) atoms. The van der Waals surface area contributed by atoms with Crippen LogP contribution < -0.4 is 4.90 Å². The van der Waals surface area contributed by atoms with E-state index in [1.807, 2.05) is 33.7 Å². The van der Waals surface area contributed by atoms with Crippen LogP contribution in [0, 0.1) is 0 Å². The van der Waals surface area contributed by atoms with Crippen molar-refractivity contribution in [3.8, 4) is 0 Å². The van der Waals surface area contributed by atoms with Crippen LogP contribution in [0.2, 0.25) is 0 Å². The molecule has 8 nitrogen and oxygen atoms in total. The first-order chi connectivity index (χ1) is 13.7. The number of hydrogen-bond acceptors (Lipinski definition) is 6. The number of rotatable bonds is 2. The second-order valence-corrected chi connectivity index (χ2v) is 7.42. The number of aromatic nitrogens is 3. The van der Waals surface area contributed by atoms with Crippen molar-refractivity contribution in [1.29, 1.82) is 0 Å². The minimum atomic E-state index is 0.0658. The summed E-state index contributed by atoms with van der Waals surface area (Å²) in [6, 6.07) is 5.93. The number of ether oxygens (including phenoxy) is 1. The van der Waals surface area contributed by atoms with E-state index in [1.165, 1.54) is 0 Å². The molecule has 3 aromatic heterocycles. The predicted octanol–water partition coefficient (Wildman–Crippen LogP) is 1.11. The van der Waals surface area contributed by atoms with Crippen LogP contribution in [-0.4, -0.2) is 89.6 Å². The number of amides is 1. The molecule has 146 valence electrons. The highest BCUT2D eigenvalue weighted by atomic mass is 16.5. The van der Waals surface area contributed by atoms with Crippen molar-refractivity contribution in [3.63, 3.8) is 0 Å². The van der Waals surface area contributed by atoms with Crippen LogP contribution in [0.3, 0.4) is 0 Å². The molecular weight excluding hydrogens is 356 g/mol. The Morgan fingerprint density at radius 3 is 2.61 bits per heavy atom. The Morgan fingerprint density at radius 2 is 1.82 bits per heavy atom. The van der Waals surface area contributed by atoms with Crippen molar-refractivity contribution in [3.05, 3.63) is 36.3 Å². The van der Waals surface area contributed by atoms with Gasteiger partial charge in [-0.2, -0.15) is 0 Å². The average molecular weight is 380 g/mol. The fourth-order valence-electron chi connectivity index (χ4n) is 4.13. The molecule has 0 saturated carbocycles. The fraction of sp³-hybridized carbons (Fsp3) is 0.450. The van der Waals surface area contributed by atoms with Crippen LogP contribution in [0.25, 0.3) is 16.6 Å². The normalized spacial score (nSPS) is 18.9. The van der Waals surface area contributed by atoms with E-state index < -0.39 is 0 Å². The fourth-order valence-corrected chi connectivity index (χ4v) is 4.13. The number of morpholine rings is 1. The summed E-state index contributed by atoms with van der Waals surface area (Å²) in [5.74, 6) is 0.894. The third-order valence-electron chi connectivity index (χ3n) is 5.72. The molecule has 8 heteroatoms. The van der Waals surface area contributed by atoms with Crippen molar-refractivity contribution in [1.82, 2.24) is 24.2 Å². The number of piperazine rings is 1. The maximum atomic E-state index is 13.6. The highest BCUT2D eigenvalue weighted by Crippen LogP contribution is 2.33. The van der Waals surface area contributed by atoms with Crippen LogP contribution >= 0.6 is 0 Å². The van der Waals surface area contributed by atoms with Gasteiger partial charge >= 0.3 is 0 Å². The number of anilines is 1. The molecule has 5 heterocycles. The molecule has 0 bridgehead atoms. The smallest absolute Gasteiger partial charge is 0.256 e. The lowest BCUT2D eigenvalue weighted by atomic mass is 10.1. The highest BCUT2D eigenvalue weighted by Gasteiger charge is 2.29. The summed E-state index contributed by atoms with van der Waals surface area (Å²) in [6.07, 6.45) is 3.56. The quantitative estimate of drug-likeness (QED) is 0.664. The third kappa shape index (κ3) is 2.80. The minimum Gasteiger partial charge on any atom is -0.378 e. The van der Waals surface area contributed by atoms with Gasteiger partial charge in [0.15, 0.2) is 5.65 Å². The summed E-state index contributed by atoms with van der Waals surface area (Å²) in [5.41, 5.74) is 2.38. The molecule has 3 aromatic rings. The van der Waals surface area contributed by atoms with Gasteiger partial charge in [-0.3, -0.25) is 4.79 Å². The number of hydrogen-bond donors (Lipinski definition) is 0. The third-order valence-corrected chi connectivity index (χ3v) is 5.72. The highest BCUT2D eigenvalue weighted by molar-refractivity contribution is 6.16. The summed E-state index contributed by atoms with van der Waals surface area (Å²) in [7, 11) is 2.09. The average Bonchev–Trinajstić information content (AvgIpc) is 3.09. The molecule has 2 fully saturated rings. The Morgan fingerprint density at radius 1 is 1.04 bits per heavy atom. The lowest BCUT2D eigenvalue weighted by Crippen LogP contribution is -2.47. The molecule has 2 aliphatic rings. The molecule has 0 spiro atoms. The standard InChI is InChI=1S/C20H24N6O2/c1-23-6-8-25(9-7-23)20(27)16-15-4-2-3-5-26(15)19-17(16)18(21-14-22-19)24-10-12-28-13-11-24/h2-5,14H,6-13H2,1H3. The topological polar surface area (TPSA) is 66.2 Å². The maximum Gasteiger partial charge on any atom is 0.256 e. The van der Waals surface area contributed by atoms with Crippen molar-refractivity contribution in [2.75, 3.05) is 64.4 Å². The number of carbonyl (C=O) groups is 1. The zero-order valence-electron chi connectivity index (χ0n) is 16.0. The van der Waals surface area contributed by atoms with Gasteiger partial charge in [0.25, 0.3) is 5.91 Å². The summed E-state index contributed by atoms with van der Waals surface area (Å²) < 4.78 is 7.51. The van der Waals surface area contributed by atoms with E-state index in [4.69, 9.17) is 4.74 Å². The van der Waals surface area contributed by atoms with E-state index in [0.717, 1.165) is 61.6 Å². The van der Waals surface area contributed by atoms with Crippen molar-refractivity contribution in [2.24, 2.45) is 0 Å². The number of fused-ring (bicyclic) bond motifs is 3. The van der Waals surface area contributed by atoms with Crippen LogP contribution in [-0.2, 0) is 4.74 Å². The molecule has 0 aliphatic carbocycles. The Balaban J connectivity index is 1.70. The zero-order chi connectivity index (χ0) is 19.1. The van der Waals surface area contributed by atoms with Gasteiger partial charge in [0.1, 0.15) is 12.1 Å². The minimum absolute atomic E-state index is 0.0658. The Labute approximate surface area is 163 Å².